The monoisotopic (exact) mass is 706 g/mol. The van der Waals surface area contributed by atoms with Crippen LogP contribution in [0.15, 0.2) is 48.7 Å². The third-order valence-corrected chi connectivity index (χ3v) is 11.4. The van der Waals surface area contributed by atoms with Gasteiger partial charge in [-0.15, -0.1) is 0 Å². The number of carbonyl (C=O) groups excluding carboxylic acids is 2. The number of carbonyl (C=O) groups is 2. The number of hydrogen-bond donors (Lipinski definition) is 3. The molecule has 0 bridgehead atoms. The molecule has 0 radical (unpaired) electrons. The van der Waals surface area contributed by atoms with Gasteiger partial charge in [-0.2, -0.15) is 5.10 Å². The molecule has 4 aromatic rings. The van der Waals surface area contributed by atoms with E-state index >= 15 is 0 Å². The molecule has 3 fully saturated rings. The normalized spacial score (nSPS) is 19.1. The molecule has 2 aromatic carbocycles. The Morgan fingerprint density at radius 1 is 1.10 bits per heavy atom. The number of primary amides is 1. The second-order valence-electron chi connectivity index (χ2n) is 15.0. The first-order valence-electron chi connectivity index (χ1n) is 19.1. The molecule has 1 saturated carbocycles. The van der Waals surface area contributed by atoms with E-state index in [9.17, 15) is 9.59 Å². The first kappa shape index (κ1) is 36.1. The molecule has 2 aliphatic heterocycles. The highest BCUT2D eigenvalue weighted by molar-refractivity contribution is 6.07. The number of nitrogens with one attached hydrogen (secondary N) is 2. The van der Waals surface area contributed by atoms with Crippen LogP contribution < -0.4 is 16.4 Å². The summed E-state index contributed by atoms with van der Waals surface area (Å²) in [6.07, 6.45) is 5.30. The number of aryl methyl sites for hydroxylation is 3. The molecular weight excluding hydrogens is 653 g/mol. The van der Waals surface area contributed by atoms with Crippen LogP contribution in [0.1, 0.15) is 74.4 Å². The number of rotatable bonds is 13. The van der Waals surface area contributed by atoms with Crippen molar-refractivity contribution in [3.63, 3.8) is 0 Å². The lowest BCUT2D eigenvalue weighted by Gasteiger charge is -2.34. The van der Waals surface area contributed by atoms with Crippen LogP contribution >= 0.6 is 0 Å². The smallest absolute Gasteiger partial charge is 0.238 e. The minimum absolute atomic E-state index is 0.210. The fraction of sp³-hybridized carbons (Fsp3) is 0.512. The highest BCUT2D eigenvalue weighted by Gasteiger charge is 2.57. The molecule has 2 amide bonds. The van der Waals surface area contributed by atoms with Crippen molar-refractivity contribution in [2.45, 2.75) is 98.1 Å². The SMILES string of the molecule is CCc1nc2c(cnn2CC)c(NC2CCOCC2)c1CN(Cc1ccc(C)c(-c2cccc(CN3CCNC[C@H]3C)c2)c1)C(=O)C1(C(N)=O)CC1. The lowest BCUT2D eigenvalue weighted by Crippen LogP contribution is -2.49. The van der Waals surface area contributed by atoms with Gasteiger partial charge in [-0.3, -0.25) is 14.5 Å². The van der Waals surface area contributed by atoms with Crippen molar-refractivity contribution < 1.29 is 14.3 Å². The number of ether oxygens (including phenoxy) is 1. The maximum absolute atomic E-state index is 14.5. The van der Waals surface area contributed by atoms with Gasteiger partial charge in [-0.1, -0.05) is 37.3 Å². The Balaban J connectivity index is 1.25. The molecule has 276 valence electrons. The van der Waals surface area contributed by atoms with Crippen molar-refractivity contribution >= 4 is 28.5 Å². The molecule has 2 aromatic heterocycles. The van der Waals surface area contributed by atoms with Gasteiger partial charge in [0.15, 0.2) is 5.65 Å². The van der Waals surface area contributed by atoms with Crippen molar-refractivity contribution in [3.05, 3.63) is 76.6 Å². The summed E-state index contributed by atoms with van der Waals surface area (Å²) in [5, 5.41) is 13.0. The predicted molar refractivity (Wildman–Crippen MR) is 205 cm³/mol. The molecule has 7 rings (SSSR count). The van der Waals surface area contributed by atoms with Crippen LogP contribution in [0.3, 0.4) is 0 Å². The predicted octanol–water partition coefficient (Wildman–Crippen LogP) is 5.17. The summed E-state index contributed by atoms with van der Waals surface area (Å²) in [6.45, 7) is 15.3. The van der Waals surface area contributed by atoms with E-state index in [0.717, 1.165) is 83.7 Å². The average molecular weight is 707 g/mol. The van der Waals surface area contributed by atoms with Crippen molar-refractivity contribution in [3.8, 4) is 11.1 Å². The van der Waals surface area contributed by atoms with Gasteiger partial charge in [0.1, 0.15) is 5.41 Å². The number of piperazine rings is 1. The molecule has 0 spiro atoms. The number of amides is 2. The van der Waals surface area contributed by atoms with E-state index in [2.05, 4.69) is 90.8 Å². The van der Waals surface area contributed by atoms with E-state index < -0.39 is 11.3 Å². The van der Waals surface area contributed by atoms with E-state index in [1.165, 1.54) is 11.1 Å². The van der Waals surface area contributed by atoms with Crippen LogP contribution in [-0.2, 0) is 46.9 Å². The van der Waals surface area contributed by atoms with E-state index in [1.807, 2.05) is 15.8 Å². The summed E-state index contributed by atoms with van der Waals surface area (Å²) < 4.78 is 7.60. The quantitative estimate of drug-likeness (QED) is 0.163. The first-order chi connectivity index (χ1) is 25.2. The number of benzene rings is 2. The molecule has 0 unspecified atom stereocenters. The van der Waals surface area contributed by atoms with Crippen molar-refractivity contribution in [2.24, 2.45) is 11.1 Å². The van der Waals surface area contributed by atoms with Crippen LogP contribution in [0.5, 0.6) is 0 Å². The second-order valence-corrected chi connectivity index (χ2v) is 15.0. The molecule has 1 aliphatic carbocycles. The highest BCUT2D eigenvalue weighted by Crippen LogP contribution is 2.48. The molecule has 4 heterocycles. The van der Waals surface area contributed by atoms with Gasteiger partial charge in [0.2, 0.25) is 11.8 Å². The summed E-state index contributed by atoms with van der Waals surface area (Å²) in [5.74, 6) is -0.755. The Hall–Kier alpha value is -4.32. The van der Waals surface area contributed by atoms with Crippen molar-refractivity contribution in [2.75, 3.05) is 38.2 Å². The van der Waals surface area contributed by atoms with Gasteiger partial charge in [0.25, 0.3) is 0 Å². The van der Waals surface area contributed by atoms with Crippen LogP contribution in [0, 0.1) is 12.3 Å². The Kier molecular flexibility index (Phi) is 10.6. The van der Waals surface area contributed by atoms with Gasteiger partial charge in [-0.25, -0.2) is 9.67 Å². The summed E-state index contributed by atoms with van der Waals surface area (Å²) in [7, 11) is 0. The minimum atomic E-state index is -1.16. The molecular formula is C41H54N8O3. The summed E-state index contributed by atoms with van der Waals surface area (Å²) in [6, 6.07) is 16.0. The van der Waals surface area contributed by atoms with Crippen LogP contribution in [0.4, 0.5) is 5.69 Å². The highest BCUT2D eigenvalue weighted by atomic mass is 16.5. The number of pyridine rings is 1. The zero-order valence-electron chi connectivity index (χ0n) is 31.2. The maximum atomic E-state index is 14.5. The number of anilines is 1. The fourth-order valence-corrected chi connectivity index (χ4v) is 7.95. The minimum Gasteiger partial charge on any atom is -0.381 e. The molecule has 4 N–H and O–H groups in total. The molecule has 2 saturated heterocycles. The lowest BCUT2D eigenvalue weighted by atomic mass is 9.95. The van der Waals surface area contributed by atoms with Crippen LogP contribution in [0.2, 0.25) is 0 Å². The molecule has 1 atom stereocenters. The van der Waals surface area contributed by atoms with Crippen LogP contribution in [-0.4, -0.2) is 81.3 Å². The Morgan fingerprint density at radius 3 is 2.62 bits per heavy atom. The molecule has 3 aliphatic rings. The third kappa shape index (κ3) is 7.31. The number of aromatic nitrogens is 3. The zero-order valence-corrected chi connectivity index (χ0v) is 31.2. The Bertz CT molecular complexity index is 1930. The number of fused-ring (bicyclic) bond motifs is 1. The number of nitrogens with two attached hydrogens (primary N) is 1. The zero-order chi connectivity index (χ0) is 36.4. The second kappa shape index (κ2) is 15.3. The first-order valence-corrected chi connectivity index (χ1v) is 19.1. The Labute approximate surface area is 307 Å². The van der Waals surface area contributed by atoms with Gasteiger partial charge < -0.3 is 26.0 Å². The molecule has 52 heavy (non-hydrogen) atoms. The number of hydrogen-bond acceptors (Lipinski definition) is 8. The van der Waals surface area contributed by atoms with E-state index in [4.69, 9.17) is 15.5 Å². The Morgan fingerprint density at radius 2 is 1.90 bits per heavy atom. The lowest BCUT2D eigenvalue weighted by molar-refractivity contribution is -0.144. The summed E-state index contributed by atoms with van der Waals surface area (Å²) in [4.78, 5) is 36.8. The van der Waals surface area contributed by atoms with E-state index in [0.29, 0.717) is 58.2 Å². The summed E-state index contributed by atoms with van der Waals surface area (Å²) in [5.41, 5.74) is 14.2. The van der Waals surface area contributed by atoms with Gasteiger partial charge in [0.05, 0.1) is 17.3 Å². The average Bonchev–Trinajstić information content (AvgIpc) is 3.88. The largest absolute Gasteiger partial charge is 0.381 e. The number of nitrogens with zero attached hydrogens (tertiary/aromatic N) is 5. The third-order valence-electron chi connectivity index (χ3n) is 11.4. The fourth-order valence-electron chi connectivity index (χ4n) is 7.95. The van der Waals surface area contributed by atoms with Crippen molar-refractivity contribution in [1.29, 1.82) is 0 Å². The van der Waals surface area contributed by atoms with Crippen LogP contribution in [0.25, 0.3) is 22.2 Å². The van der Waals surface area contributed by atoms with E-state index in [1.54, 1.807) is 0 Å². The maximum Gasteiger partial charge on any atom is 0.238 e. The van der Waals surface area contributed by atoms with Gasteiger partial charge in [0, 0.05) is 82.4 Å². The topological polar surface area (TPSA) is 131 Å². The molecule has 11 heteroatoms. The van der Waals surface area contributed by atoms with Gasteiger partial charge >= 0.3 is 0 Å². The summed E-state index contributed by atoms with van der Waals surface area (Å²) >= 11 is 0. The van der Waals surface area contributed by atoms with Crippen molar-refractivity contribution in [1.82, 2.24) is 29.9 Å². The van der Waals surface area contributed by atoms with Gasteiger partial charge in [-0.05, 0) is 92.8 Å². The molecule has 11 nitrogen and oxygen atoms in total. The standard InChI is InChI=1S/C41H54N8O3/c1-5-36-35(37(45-32-12-18-52-19-13-32)34-23-44-49(6-2)38(34)46-36)26-48(40(51)41(14-15-41)39(42)50)25-30-11-10-27(3)33(21-30)31-9-7-8-29(20-31)24-47-17-16-43-22-28(47)4/h7-11,20-21,23,28,32,43H,5-6,12-19,22,24-26H2,1-4H3,(H2,42,50)(H,45,46)/t28-/m1/s1. The van der Waals surface area contributed by atoms with E-state index in [-0.39, 0.29) is 11.9 Å².